The van der Waals surface area contributed by atoms with E-state index in [0.29, 0.717) is 24.5 Å². The zero-order chi connectivity index (χ0) is 20.6. The number of carbonyl (C=O) groups is 2. The number of hydrogen-bond acceptors (Lipinski definition) is 5. The first-order valence-electron chi connectivity index (χ1n) is 9.52. The Kier molecular flexibility index (Phi) is 7.66. The van der Waals surface area contributed by atoms with Gasteiger partial charge in [0.2, 0.25) is 0 Å². The smallest absolute Gasteiger partial charge is 0.338 e. The molecule has 1 amide bonds. The lowest BCUT2D eigenvalue weighted by molar-refractivity contribution is -0.133. The van der Waals surface area contributed by atoms with Crippen molar-refractivity contribution in [3.63, 3.8) is 0 Å². The summed E-state index contributed by atoms with van der Waals surface area (Å²) < 4.78 is 17.3. The number of hydrogen-bond donors (Lipinski definition) is 0. The lowest BCUT2D eigenvalue weighted by Crippen LogP contribution is -2.30. The van der Waals surface area contributed by atoms with Crippen LogP contribution in [0.3, 0.4) is 0 Å². The number of carbonyl (C=O) groups excluding carboxylic acids is 2. The molecule has 1 heterocycles. The summed E-state index contributed by atoms with van der Waals surface area (Å²) in [6, 6.07) is 14.4. The molecule has 1 aliphatic heterocycles. The van der Waals surface area contributed by atoms with Crippen molar-refractivity contribution in [1.82, 2.24) is 4.90 Å². The van der Waals surface area contributed by atoms with Crippen molar-refractivity contribution in [3.05, 3.63) is 64.1 Å². The van der Waals surface area contributed by atoms with E-state index in [2.05, 4.69) is 15.9 Å². The van der Waals surface area contributed by atoms with Gasteiger partial charge in [0.25, 0.3) is 5.91 Å². The van der Waals surface area contributed by atoms with Crippen LogP contribution in [0.2, 0.25) is 0 Å². The monoisotopic (exact) mass is 461 g/mol. The van der Waals surface area contributed by atoms with Gasteiger partial charge >= 0.3 is 5.97 Å². The van der Waals surface area contributed by atoms with Crippen molar-refractivity contribution in [1.29, 1.82) is 0 Å². The van der Waals surface area contributed by atoms with Crippen LogP contribution in [-0.2, 0) is 20.8 Å². The molecule has 1 atom stereocenters. The quantitative estimate of drug-likeness (QED) is 0.559. The Bertz CT molecular complexity index is 833. The maximum Gasteiger partial charge on any atom is 0.338 e. The molecule has 0 saturated carbocycles. The summed E-state index contributed by atoms with van der Waals surface area (Å²) in [5, 5.41) is 0. The Labute approximate surface area is 178 Å². The summed E-state index contributed by atoms with van der Waals surface area (Å²) in [5.41, 5.74) is 1.35. The molecule has 29 heavy (non-hydrogen) atoms. The van der Waals surface area contributed by atoms with E-state index in [1.807, 2.05) is 24.3 Å². The molecule has 1 aliphatic rings. The van der Waals surface area contributed by atoms with Crippen molar-refractivity contribution in [2.24, 2.45) is 0 Å². The van der Waals surface area contributed by atoms with Gasteiger partial charge in [-0.15, -0.1) is 0 Å². The van der Waals surface area contributed by atoms with Crippen LogP contribution in [0.25, 0.3) is 0 Å². The molecule has 0 N–H and O–H groups in total. The topological polar surface area (TPSA) is 65.1 Å². The molecule has 7 heteroatoms. The summed E-state index contributed by atoms with van der Waals surface area (Å²) in [6.07, 6.45) is 2.21. The average molecular weight is 462 g/mol. The van der Waals surface area contributed by atoms with Crippen LogP contribution >= 0.6 is 15.9 Å². The van der Waals surface area contributed by atoms with Crippen LogP contribution in [0.5, 0.6) is 5.75 Å². The highest BCUT2D eigenvalue weighted by molar-refractivity contribution is 9.10. The number of amides is 1. The predicted octanol–water partition coefficient (Wildman–Crippen LogP) is 3.82. The highest BCUT2D eigenvalue weighted by Gasteiger charge is 2.17. The minimum absolute atomic E-state index is 0.138. The van der Waals surface area contributed by atoms with E-state index < -0.39 is 5.97 Å². The zero-order valence-electron chi connectivity index (χ0n) is 16.3. The number of rotatable bonds is 8. The van der Waals surface area contributed by atoms with Crippen LogP contribution in [0.1, 0.15) is 28.8 Å². The van der Waals surface area contributed by atoms with Gasteiger partial charge in [-0.25, -0.2) is 4.79 Å². The fraction of sp³-hybridized carbons (Fsp3) is 0.364. The van der Waals surface area contributed by atoms with Gasteiger partial charge < -0.3 is 19.1 Å². The number of ether oxygens (including phenoxy) is 3. The molecule has 1 saturated heterocycles. The van der Waals surface area contributed by atoms with E-state index in [1.54, 1.807) is 31.3 Å². The van der Waals surface area contributed by atoms with Crippen molar-refractivity contribution in [2.75, 3.05) is 26.9 Å². The Morgan fingerprint density at radius 2 is 1.93 bits per heavy atom. The fourth-order valence-electron chi connectivity index (χ4n) is 2.94. The van der Waals surface area contributed by atoms with Gasteiger partial charge in [0.05, 0.1) is 11.7 Å². The Morgan fingerprint density at radius 1 is 1.17 bits per heavy atom. The predicted molar refractivity (Wildman–Crippen MR) is 112 cm³/mol. The highest BCUT2D eigenvalue weighted by Crippen LogP contribution is 2.18. The number of benzene rings is 2. The third kappa shape index (κ3) is 6.30. The molecule has 1 fully saturated rings. The Hall–Kier alpha value is -2.38. The molecule has 0 aromatic heterocycles. The van der Waals surface area contributed by atoms with Crippen LogP contribution in [0, 0.1) is 0 Å². The minimum atomic E-state index is -0.543. The number of halogens is 1. The summed E-state index contributed by atoms with van der Waals surface area (Å²) in [7, 11) is 1.68. The zero-order valence-corrected chi connectivity index (χ0v) is 17.9. The maximum absolute atomic E-state index is 12.3. The van der Waals surface area contributed by atoms with Crippen LogP contribution < -0.4 is 4.74 Å². The number of nitrogens with zero attached hydrogens (tertiary/aromatic N) is 1. The normalized spacial score (nSPS) is 15.7. The molecule has 1 unspecified atom stereocenters. The van der Waals surface area contributed by atoms with Gasteiger partial charge in [-0.05, 0) is 48.7 Å². The van der Waals surface area contributed by atoms with E-state index >= 15 is 0 Å². The number of esters is 1. The molecule has 2 aromatic rings. The van der Waals surface area contributed by atoms with E-state index in [0.717, 1.165) is 29.5 Å². The minimum Gasteiger partial charge on any atom is -0.491 e. The first-order valence-corrected chi connectivity index (χ1v) is 10.3. The second-order valence-corrected chi connectivity index (χ2v) is 7.74. The van der Waals surface area contributed by atoms with E-state index in [-0.39, 0.29) is 18.6 Å². The lowest BCUT2D eigenvalue weighted by Gasteiger charge is -2.18. The van der Waals surface area contributed by atoms with Gasteiger partial charge in [-0.3, -0.25) is 4.79 Å². The van der Waals surface area contributed by atoms with Crippen LogP contribution in [0.15, 0.2) is 53.0 Å². The summed E-state index contributed by atoms with van der Waals surface area (Å²) in [6.45, 7) is 1.41. The first-order chi connectivity index (χ1) is 14.0. The first kappa shape index (κ1) is 21.3. The number of likely N-dealkylation sites (N-methyl/N-ethyl adjacent to an activating group) is 1. The average Bonchev–Trinajstić information content (AvgIpc) is 3.26. The summed E-state index contributed by atoms with van der Waals surface area (Å²) >= 11 is 3.46. The lowest BCUT2D eigenvalue weighted by atomic mass is 10.2. The molecule has 6 nitrogen and oxygen atoms in total. The molecular weight excluding hydrogens is 438 g/mol. The third-order valence-electron chi connectivity index (χ3n) is 4.67. The Balaban J connectivity index is 1.44. The molecule has 0 spiro atoms. The molecule has 154 valence electrons. The second kappa shape index (κ2) is 10.4. The van der Waals surface area contributed by atoms with Gasteiger partial charge in [0, 0.05) is 24.7 Å². The molecule has 0 radical (unpaired) electrons. The van der Waals surface area contributed by atoms with E-state index in [1.165, 1.54) is 4.90 Å². The fourth-order valence-corrected chi connectivity index (χ4v) is 3.35. The SMILES string of the molecule is CN(Cc1ccccc1Br)C(=O)COC(=O)c1ccc(OCC2CCCO2)cc1. The van der Waals surface area contributed by atoms with Crippen LogP contribution in [0.4, 0.5) is 0 Å². The van der Waals surface area contributed by atoms with Gasteiger partial charge in [-0.2, -0.15) is 0 Å². The molecule has 2 aromatic carbocycles. The van der Waals surface area contributed by atoms with E-state index in [9.17, 15) is 9.59 Å². The van der Waals surface area contributed by atoms with E-state index in [4.69, 9.17) is 14.2 Å². The summed E-state index contributed by atoms with van der Waals surface area (Å²) in [5.74, 6) is -0.148. The highest BCUT2D eigenvalue weighted by atomic mass is 79.9. The maximum atomic E-state index is 12.3. The van der Waals surface area contributed by atoms with Gasteiger partial charge in [0.15, 0.2) is 6.61 Å². The van der Waals surface area contributed by atoms with Crippen molar-refractivity contribution < 1.29 is 23.8 Å². The Morgan fingerprint density at radius 3 is 2.62 bits per heavy atom. The van der Waals surface area contributed by atoms with Gasteiger partial charge in [0.1, 0.15) is 12.4 Å². The largest absolute Gasteiger partial charge is 0.491 e. The third-order valence-corrected chi connectivity index (χ3v) is 5.44. The molecule has 3 rings (SSSR count). The van der Waals surface area contributed by atoms with Gasteiger partial charge in [-0.1, -0.05) is 34.1 Å². The van der Waals surface area contributed by atoms with Crippen molar-refractivity contribution in [2.45, 2.75) is 25.5 Å². The summed E-state index contributed by atoms with van der Waals surface area (Å²) in [4.78, 5) is 26.0. The second-order valence-electron chi connectivity index (χ2n) is 6.89. The molecule has 0 bridgehead atoms. The van der Waals surface area contributed by atoms with Crippen molar-refractivity contribution >= 4 is 27.8 Å². The standard InChI is InChI=1S/C22H24BrNO5/c1-24(13-17-5-2-3-7-20(17)23)21(25)15-29-22(26)16-8-10-18(11-9-16)28-14-19-6-4-12-27-19/h2-3,5,7-11,19H,4,6,12-15H2,1H3. The van der Waals surface area contributed by atoms with Crippen molar-refractivity contribution in [3.8, 4) is 5.75 Å². The molecule has 0 aliphatic carbocycles. The van der Waals surface area contributed by atoms with Crippen LogP contribution in [-0.4, -0.2) is 49.7 Å². The molecular formula is C22H24BrNO5.